The molecule has 0 aliphatic rings. The number of rotatable bonds is 8. The molecule has 1 aromatic rings. The summed E-state index contributed by atoms with van der Waals surface area (Å²) in [7, 11) is 0. The molecule has 1 aromatic heterocycles. The molecule has 0 unspecified atom stereocenters. The maximum atomic E-state index is 11.6. The van der Waals surface area contributed by atoms with Crippen LogP contribution in [0.15, 0.2) is 18.3 Å². The molecule has 0 fully saturated rings. The number of carbonyl (C=O) groups excluding carboxylic acids is 1. The SMILES string of the molecule is CC(C)CCCCNC(=O)Nc1ccc(CC(=O)O)nc1. The molecule has 6 heteroatoms. The number of nitrogens with zero attached hydrogens (tertiary/aromatic N) is 1. The highest BCUT2D eigenvalue weighted by Crippen LogP contribution is 2.07. The van der Waals surface area contributed by atoms with E-state index in [9.17, 15) is 9.59 Å². The van der Waals surface area contributed by atoms with Crippen molar-refractivity contribution in [3.05, 3.63) is 24.0 Å². The van der Waals surface area contributed by atoms with E-state index in [0.717, 1.165) is 19.3 Å². The van der Waals surface area contributed by atoms with E-state index in [0.29, 0.717) is 23.8 Å². The lowest BCUT2D eigenvalue weighted by Gasteiger charge is -2.08. The number of amides is 2. The summed E-state index contributed by atoms with van der Waals surface area (Å²) >= 11 is 0. The Hall–Kier alpha value is -2.11. The fourth-order valence-corrected chi connectivity index (χ4v) is 1.81. The number of pyridine rings is 1. The highest BCUT2D eigenvalue weighted by molar-refractivity contribution is 5.88. The first kappa shape index (κ1) is 16.9. The Morgan fingerprint density at radius 1 is 1.29 bits per heavy atom. The highest BCUT2D eigenvalue weighted by atomic mass is 16.4. The number of anilines is 1. The summed E-state index contributed by atoms with van der Waals surface area (Å²) in [4.78, 5) is 26.1. The molecule has 21 heavy (non-hydrogen) atoms. The van der Waals surface area contributed by atoms with Crippen LogP contribution in [0, 0.1) is 5.92 Å². The van der Waals surface area contributed by atoms with Gasteiger partial charge >= 0.3 is 12.0 Å². The van der Waals surface area contributed by atoms with E-state index >= 15 is 0 Å². The Kier molecular flexibility index (Phi) is 7.21. The lowest BCUT2D eigenvalue weighted by molar-refractivity contribution is -0.136. The van der Waals surface area contributed by atoms with Crippen molar-refractivity contribution in [1.29, 1.82) is 0 Å². The van der Waals surface area contributed by atoms with Gasteiger partial charge in [0.1, 0.15) is 0 Å². The average molecular weight is 293 g/mol. The van der Waals surface area contributed by atoms with Crippen LogP contribution >= 0.6 is 0 Å². The van der Waals surface area contributed by atoms with Crippen LogP contribution in [0.25, 0.3) is 0 Å². The Bertz CT molecular complexity index is 458. The summed E-state index contributed by atoms with van der Waals surface area (Å²) in [5, 5.41) is 14.1. The van der Waals surface area contributed by atoms with Crippen LogP contribution in [-0.4, -0.2) is 28.6 Å². The number of hydrogen-bond acceptors (Lipinski definition) is 3. The minimum absolute atomic E-state index is 0.123. The van der Waals surface area contributed by atoms with Crippen LogP contribution in [0.4, 0.5) is 10.5 Å². The first-order chi connectivity index (χ1) is 9.97. The molecule has 0 saturated heterocycles. The van der Waals surface area contributed by atoms with Gasteiger partial charge < -0.3 is 15.7 Å². The maximum Gasteiger partial charge on any atom is 0.319 e. The zero-order chi connectivity index (χ0) is 15.7. The number of nitrogens with one attached hydrogen (secondary N) is 2. The molecule has 0 aromatic carbocycles. The molecule has 0 spiro atoms. The van der Waals surface area contributed by atoms with Crippen LogP contribution in [0.1, 0.15) is 38.8 Å². The molecule has 1 rings (SSSR count). The molecule has 0 aliphatic carbocycles. The summed E-state index contributed by atoms with van der Waals surface area (Å²) in [5.41, 5.74) is 1.01. The summed E-state index contributed by atoms with van der Waals surface area (Å²) in [6, 6.07) is 2.96. The van der Waals surface area contributed by atoms with Gasteiger partial charge in [-0.15, -0.1) is 0 Å². The van der Waals surface area contributed by atoms with Gasteiger partial charge in [0.25, 0.3) is 0 Å². The van der Waals surface area contributed by atoms with Crippen LogP contribution < -0.4 is 10.6 Å². The van der Waals surface area contributed by atoms with Gasteiger partial charge in [-0.05, 0) is 24.5 Å². The van der Waals surface area contributed by atoms with Crippen molar-refractivity contribution >= 4 is 17.7 Å². The normalized spacial score (nSPS) is 10.4. The standard InChI is InChI=1S/C15H23N3O3/c1-11(2)5-3-4-8-16-15(21)18-13-7-6-12(17-10-13)9-14(19)20/h6-7,10-11H,3-5,8-9H2,1-2H3,(H,19,20)(H2,16,18,21). The number of unbranched alkanes of at least 4 members (excludes halogenated alkanes) is 1. The quantitative estimate of drug-likeness (QED) is 0.643. The van der Waals surface area contributed by atoms with Gasteiger partial charge in [-0.1, -0.05) is 26.7 Å². The van der Waals surface area contributed by atoms with E-state index in [1.807, 2.05) is 0 Å². The predicted molar refractivity (Wildman–Crippen MR) is 81.3 cm³/mol. The minimum Gasteiger partial charge on any atom is -0.481 e. The number of aliphatic carboxylic acids is 1. The second-order valence-corrected chi connectivity index (χ2v) is 5.38. The fourth-order valence-electron chi connectivity index (χ4n) is 1.81. The number of urea groups is 1. The largest absolute Gasteiger partial charge is 0.481 e. The third kappa shape index (κ3) is 7.91. The second-order valence-electron chi connectivity index (χ2n) is 5.38. The summed E-state index contributed by atoms with van der Waals surface area (Å²) in [6.07, 6.45) is 4.56. The molecule has 6 nitrogen and oxygen atoms in total. The predicted octanol–water partition coefficient (Wildman–Crippen LogP) is 2.66. The average Bonchev–Trinajstić information content (AvgIpc) is 2.39. The van der Waals surface area contributed by atoms with Crippen LogP contribution in [0.2, 0.25) is 0 Å². The van der Waals surface area contributed by atoms with Gasteiger partial charge in [-0.2, -0.15) is 0 Å². The van der Waals surface area contributed by atoms with Gasteiger partial charge in [0, 0.05) is 6.54 Å². The van der Waals surface area contributed by atoms with Gasteiger partial charge in [-0.25, -0.2) is 4.79 Å². The molecule has 3 N–H and O–H groups in total. The molecule has 0 saturated carbocycles. The van der Waals surface area contributed by atoms with E-state index in [2.05, 4.69) is 29.5 Å². The van der Waals surface area contributed by atoms with Gasteiger partial charge in [0.15, 0.2) is 0 Å². The summed E-state index contributed by atoms with van der Waals surface area (Å²) in [5.74, 6) is -0.239. The third-order valence-electron chi connectivity index (χ3n) is 2.91. The van der Waals surface area contributed by atoms with Gasteiger partial charge in [0.2, 0.25) is 0 Å². The van der Waals surface area contributed by atoms with E-state index in [4.69, 9.17) is 5.11 Å². The number of carboxylic acid groups (broad SMARTS) is 1. The molecule has 0 bridgehead atoms. The van der Waals surface area contributed by atoms with Gasteiger partial charge in [-0.3, -0.25) is 9.78 Å². The molecule has 2 amide bonds. The van der Waals surface area contributed by atoms with Crippen LogP contribution in [-0.2, 0) is 11.2 Å². The Balaban J connectivity index is 2.26. The Morgan fingerprint density at radius 3 is 2.62 bits per heavy atom. The highest BCUT2D eigenvalue weighted by Gasteiger charge is 2.04. The van der Waals surface area contributed by atoms with Crippen molar-refractivity contribution in [3.8, 4) is 0 Å². The number of hydrogen-bond donors (Lipinski definition) is 3. The topological polar surface area (TPSA) is 91.3 Å². The summed E-state index contributed by atoms with van der Waals surface area (Å²) in [6.45, 7) is 5.01. The molecular weight excluding hydrogens is 270 g/mol. The molecule has 0 aliphatic heterocycles. The van der Waals surface area contributed by atoms with E-state index in [1.165, 1.54) is 6.20 Å². The monoisotopic (exact) mass is 293 g/mol. The molecule has 0 atom stereocenters. The maximum absolute atomic E-state index is 11.6. The molecular formula is C15H23N3O3. The van der Waals surface area contributed by atoms with Crippen molar-refractivity contribution < 1.29 is 14.7 Å². The zero-order valence-corrected chi connectivity index (χ0v) is 12.6. The molecule has 116 valence electrons. The fraction of sp³-hybridized carbons (Fsp3) is 0.533. The van der Waals surface area contributed by atoms with Crippen molar-refractivity contribution in [2.75, 3.05) is 11.9 Å². The number of carboxylic acids is 1. The Morgan fingerprint density at radius 2 is 2.05 bits per heavy atom. The molecule has 0 radical (unpaired) electrons. The van der Waals surface area contributed by atoms with Crippen molar-refractivity contribution in [3.63, 3.8) is 0 Å². The van der Waals surface area contributed by atoms with Crippen LogP contribution in [0.5, 0.6) is 0 Å². The Labute approximate surface area is 125 Å². The minimum atomic E-state index is -0.928. The van der Waals surface area contributed by atoms with Crippen molar-refractivity contribution in [1.82, 2.24) is 10.3 Å². The second kappa shape index (κ2) is 8.94. The van der Waals surface area contributed by atoms with Crippen molar-refractivity contribution in [2.45, 2.75) is 39.5 Å². The first-order valence-corrected chi connectivity index (χ1v) is 7.19. The lowest BCUT2D eigenvalue weighted by Crippen LogP contribution is -2.29. The molecule has 1 heterocycles. The third-order valence-corrected chi connectivity index (χ3v) is 2.91. The van der Waals surface area contributed by atoms with E-state index in [-0.39, 0.29) is 12.5 Å². The number of carbonyl (C=O) groups is 2. The van der Waals surface area contributed by atoms with Gasteiger partial charge in [0.05, 0.1) is 24.0 Å². The van der Waals surface area contributed by atoms with E-state index < -0.39 is 5.97 Å². The smallest absolute Gasteiger partial charge is 0.319 e. The summed E-state index contributed by atoms with van der Waals surface area (Å²) < 4.78 is 0. The lowest BCUT2D eigenvalue weighted by atomic mass is 10.1. The first-order valence-electron chi connectivity index (χ1n) is 7.19. The van der Waals surface area contributed by atoms with E-state index in [1.54, 1.807) is 12.1 Å². The van der Waals surface area contributed by atoms with Crippen molar-refractivity contribution in [2.24, 2.45) is 5.92 Å². The zero-order valence-electron chi connectivity index (χ0n) is 12.6. The number of aromatic nitrogens is 1. The van der Waals surface area contributed by atoms with Crippen LogP contribution in [0.3, 0.4) is 0 Å².